The zero-order chi connectivity index (χ0) is 19.1. The molecule has 0 fully saturated rings. The zero-order valence-corrected chi connectivity index (χ0v) is 16.5. The summed E-state index contributed by atoms with van der Waals surface area (Å²) in [7, 11) is 0. The van der Waals surface area contributed by atoms with Crippen molar-refractivity contribution >= 4 is 27.5 Å². The Morgan fingerprint density at radius 1 is 0.963 bits per heavy atom. The predicted molar refractivity (Wildman–Crippen MR) is 110 cm³/mol. The molecule has 0 heterocycles. The van der Waals surface area contributed by atoms with E-state index in [0.29, 0.717) is 18.0 Å². The maximum absolute atomic E-state index is 12.1. The lowest BCUT2D eigenvalue weighted by Crippen LogP contribution is -2.20. The molecule has 0 saturated heterocycles. The van der Waals surface area contributed by atoms with Crippen LogP contribution >= 0.6 is 15.9 Å². The van der Waals surface area contributed by atoms with Crippen molar-refractivity contribution in [2.75, 3.05) is 11.9 Å². The Kier molecular flexibility index (Phi) is 6.49. The van der Waals surface area contributed by atoms with Crippen molar-refractivity contribution in [3.05, 3.63) is 88.4 Å². The first-order chi connectivity index (χ1) is 13.1. The maximum atomic E-state index is 12.1. The number of anilines is 1. The number of rotatable bonds is 7. The Morgan fingerprint density at radius 3 is 2.41 bits per heavy atom. The molecule has 0 bridgehead atoms. The number of carbonyl (C=O) groups excluding carboxylic acids is 1. The molecule has 3 aromatic carbocycles. The average Bonchev–Trinajstić information content (AvgIpc) is 2.67. The second kappa shape index (κ2) is 9.24. The van der Waals surface area contributed by atoms with Crippen LogP contribution in [0.1, 0.15) is 11.1 Å². The van der Waals surface area contributed by atoms with Gasteiger partial charge in [-0.3, -0.25) is 4.79 Å². The molecule has 0 radical (unpaired) electrons. The van der Waals surface area contributed by atoms with E-state index in [2.05, 4.69) is 21.2 Å². The summed E-state index contributed by atoms with van der Waals surface area (Å²) in [5.41, 5.74) is 2.77. The highest BCUT2D eigenvalue weighted by molar-refractivity contribution is 9.10. The van der Waals surface area contributed by atoms with Gasteiger partial charge < -0.3 is 14.8 Å². The van der Waals surface area contributed by atoms with Gasteiger partial charge in [0.1, 0.15) is 18.1 Å². The molecule has 3 aromatic rings. The van der Waals surface area contributed by atoms with Crippen LogP contribution in [0, 0.1) is 6.92 Å². The predicted octanol–water partition coefficient (Wildman–Crippen LogP) is 5.35. The number of benzene rings is 3. The molecule has 5 heteroatoms. The fourth-order valence-electron chi connectivity index (χ4n) is 2.49. The Bertz CT molecular complexity index is 895. The molecule has 3 rings (SSSR count). The zero-order valence-electron chi connectivity index (χ0n) is 14.9. The lowest BCUT2D eigenvalue weighted by molar-refractivity contribution is -0.118. The molecule has 138 valence electrons. The van der Waals surface area contributed by atoms with Crippen LogP contribution in [0.3, 0.4) is 0 Å². The van der Waals surface area contributed by atoms with Gasteiger partial charge in [0, 0.05) is 10.2 Å². The van der Waals surface area contributed by atoms with Crippen LogP contribution in [0.5, 0.6) is 11.5 Å². The summed E-state index contributed by atoms with van der Waals surface area (Å²) < 4.78 is 12.3. The van der Waals surface area contributed by atoms with Gasteiger partial charge in [-0.05, 0) is 60.5 Å². The Hall–Kier alpha value is -2.79. The van der Waals surface area contributed by atoms with E-state index in [1.165, 1.54) is 0 Å². The van der Waals surface area contributed by atoms with Crippen molar-refractivity contribution in [3.63, 3.8) is 0 Å². The third-order valence-corrected chi connectivity index (χ3v) is 4.38. The first-order valence-electron chi connectivity index (χ1n) is 8.56. The molecule has 1 N–H and O–H groups in total. The lowest BCUT2D eigenvalue weighted by atomic mass is 10.2. The number of halogens is 1. The SMILES string of the molecule is Cc1cc(Br)ccc1OCC(=O)Nc1ccc(OCc2ccccc2)cc1. The molecule has 0 aromatic heterocycles. The van der Waals surface area contributed by atoms with Gasteiger partial charge in [0.05, 0.1) is 0 Å². The van der Waals surface area contributed by atoms with Crippen molar-refractivity contribution in [1.29, 1.82) is 0 Å². The van der Waals surface area contributed by atoms with Crippen molar-refractivity contribution in [2.24, 2.45) is 0 Å². The number of nitrogens with one attached hydrogen (secondary N) is 1. The van der Waals surface area contributed by atoms with Crippen molar-refractivity contribution < 1.29 is 14.3 Å². The van der Waals surface area contributed by atoms with Crippen LogP contribution in [0.2, 0.25) is 0 Å². The van der Waals surface area contributed by atoms with Crippen LogP contribution in [-0.4, -0.2) is 12.5 Å². The van der Waals surface area contributed by atoms with Gasteiger partial charge in [0.15, 0.2) is 6.61 Å². The molecule has 27 heavy (non-hydrogen) atoms. The fourth-order valence-corrected chi connectivity index (χ4v) is 2.97. The number of carbonyl (C=O) groups is 1. The first-order valence-corrected chi connectivity index (χ1v) is 9.35. The molecule has 1 amide bonds. The lowest BCUT2D eigenvalue weighted by Gasteiger charge is -2.11. The summed E-state index contributed by atoms with van der Waals surface area (Å²) in [4.78, 5) is 12.1. The van der Waals surface area contributed by atoms with Gasteiger partial charge in [0.25, 0.3) is 5.91 Å². The monoisotopic (exact) mass is 425 g/mol. The molecule has 0 aliphatic heterocycles. The van der Waals surface area contributed by atoms with E-state index in [9.17, 15) is 4.79 Å². The van der Waals surface area contributed by atoms with E-state index in [4.69, 9.17) is 9.47 Å². The van der Waals surface area contributed by atoms with E-state index < -0.39 is 0 Å². The first kappa shape index (κ1) is 19.0. The summed E-state index contributed by atoms with van der Waals surface area (Å²) in [6.45, 7) is 2.40. The van der Waals surface area contributed by atoms with Gasteiger partial charge in [0.2, 0.25) is 0 Å². The highest BCUT2D eigenvalue weighted by Crippen LogP contribution is 2.22. The van der Waals surface area contributed by atoms with Crippen molar-refractivity contribution in [1.82, 2.24) is 0 Å². The molecular weight excluding hydrogens is 406 g/mol. The standard InChI is InChI=1S/C22H20BrNO3/c1-16-13-18(23)7-12-21(16)27-15-22(25)24-19-8-10-20(11-9-19)26-14-17-5-3-2-4-6-17/h2-13H,14-15H2,1H3,(H,24,25). The molecule has 0 aliphatic carbocycles. The average molecular weight is 426 g/mol. The molecule has 4 nitrogen and oxygen atoms in total. The normalized spacial score (nSPS) is 10.3. The third-order valence-electron chi connectivity index (χ3n) is 3.88. The molecular formula is C22H20BrNO3. The summed E-state index contributed by atoms with van der Waals surface area (Å²) in [5.74, 6) is 1.23. The second-order valence-electron chi connectivity index (χ2n) is 6.05. The molecule has 0 atom stereocenters. The van der Waals surface area contributed by atoms with Gasteiger partial charge >= 0.3 is 0 Å². The Balaban J connectivity index is 1.48. The minimum atomic E-state index is -0.213. The molecule has 0 unspecified atom stereocenters. The van der Waals surface area contributed by atoms with Gasteiger partial charge in [-0.2, -0.15) is 0 Å². The Morgan fingerprint density at radius 2 is 1.70 bits per heavy atom. The number of ether oxygens (including phenoxy) is 2. The van der Waals surface area contributed by atoms with Gasteiger partial charge in [-0.25, -0.2) is 0 Å². The largest absolute Gasteiger partial charge is 0.489 e. The maximum Gasteiger partial charge on any atom is 0.262 e. The van der Waals surface area contributed by atoms with E-state index in [-0.39, 0.29) is 12.5 Å². The van der Waals surface area contributed by atoms with E-state index in [1.807, 2.05) is 79.7 Å². The quantitative estimate of drug-likeness (QED) is 0.554. The van der Waals surface area contributed by atoms with E-state index >= 15 is 0 Å². The molecule has 0 aliphatic rings. The summed E-state index contributed by atoms with van der Waals surface area (Å²) in [6.07, 6.45) is 0. The molecule has 0 saturated carbocycles. The van der Waals surface area contributed by atoms with Crippen molar-refractivity contribution in [2.45, 2.75) is 13.5 Å². The van der Waals surface area contributed by atoms with Crippen LogP contribution in [0.15, 0.2) is 77.3 Å². The number of hydrogen-bond acceptors (Lipinski definition) is 3. The Labute approximate surface area is 167 Å². The highest BCUT2D eigenvalue weighted by Gasteiger charge is 2.06. The number of amides is 1. The van der Waals surface area contributed by atoms with Crippen LogP contribution in [-0.2, 0) is 11.4 Å². The summed E-state index contributed by atoms with van der Waals surface area (Å²) in [5, 5.41) is 2.82. The highest BCUT2D eigenvalue weighted by atomic mass is 79.9. The third kappa shape index (κ3) is 5.86. The number of aryl methyl sites for hydroxylation is 1. The van der Waals surface area contributed by atoms with Crippen LogP contribution < -0.4 is 14.8 Å². The van der Waals surface area contributed by atoms with E-state index in [0.717, 1.165) is 21.3 Å². The van der Waals surface area contributed by atoms with Crippen molar-refractivity contribution in [3.8, 4) is 11.5 Å². The summed E-state index contributed by atoms with van der Waals surface area (Å²) >= 11 is 3.41. The van der Waals surface area contributed by atoms with Crippen LogP contribution in [0.25, 0.3) is 0 Å². The minimum absolute atomic E-state index is 0.0469. The minimum Gasteiger partial charge on any atom is -0.489 e. The number of hydrogen-bond donors (Lipinski definition) is 1. The fraction of sp³-hybridized carbons (Fsp3) is 0.136. The smallest absolute Gasteiger partial charge is 0.262 e. The second-order valence-corrected chi connectivity index (χ2v) is 6.96. The van der Waals surface area contributed by atoms with Gasteiger partial charge in [-0.15, -0.1) is 0 Å². The molecule has 0 spiro atoms. The van der Waals surface area contributed by atoms with Crippen LogP contribution in [0.4, 0.5) is 5.69 Å². The summed E-state index contributed by atoms with van der Waals surface area (Å²) in [6, 6.07) is 22.9. The van der Waals surface area contributed by atoms with E-state index in [1.54, 1.807) is 0 Å². The van der Waals surface area contributed by atoms with Gasteiger partial charge in [-0.1, -0.05) is 46.3 Å². The topological polar surface area (TPSA) is 47.6 Å².